The Morgan fingerprint density at radius 2 is 1.85 bits per heavy atom. The van der Waals surface area contributed by atoms with Gasteiger partial charge in [0.05, 0.1) is 6.26 Å². The number of hydrogen-bond acceptors (Lipinski definition) is 4. The smallest absolute Gasteiger partial charge is 0.289 e. The maximum atomic E-state index is 12.3. The summed E-state index contributed by atoms with van der Waals surface area (Å²) < 4.78 is 5.18. The molecule has 2 amide bonds. The quantitative estimate of drug-likeness (QED) is 0.399. The Morgan fingerprint density at radius 3 is 2.35 bits per heavy atom. The van der Waals surface area contributed by atoms with Crippen molar-refractivity contribution in [3.8, 4) is 0 Å². The van der Waals surface area contributed by atoms with E-state index in [9.17, 15) is 9.59 Å². The molecular formula is C17H28IN5O3. The predicted molar refractivity (Wildman–Crippen MR) is 111 cm³/mol. The summed E-state index contributed by atoms with van der Waals surface area (Å²) in [5.74, 6) is 0.923. The van der Waals surface area contributed by atoms with Gasteiger partial charge in [0.25, 0.3) is 5.91 Å². The van der Waals surface area contributed by atoms with Crippen LogP contribution in [-0.4, -0.2) is 85.3 Å². The third kappa shape index (κ3) is 6.19. The average molecular weight is 477 g/mol. The number of piperazine rings is 1. The number of halogens is 1. The second-order valence-electron chi connectivity index (χ2n) is 6.48. The molecule has 2 heterocycles. The SMILES string of the molecule is CC(C)NC(=NCC(=O)N(C)C)N1CCN(C(=O)c2ccco2)CC1.I. The van der Waals surface area contributed by atoms with Gasteiger partial charge in [-0.1, -0.05) is 0 Å². The van der Waals surface area contributed by atoms with Gasteiger partial charge in [-0.2, -0.15) is 0 Å². The number of likely N-dealkylation sites (N-methyl/N-ethyl adjacent to an activating group) is 1. The lowest BCUT2D eigenvalue weighted by Crippen LogP contribution is -2.54. The van der Waals surface area contributed by atoms with Crippen LogP contribution in [0.5, 0.6) is 0 Å². The van der Waals surface area contributed by atoms with Crippen molar-refractivity contribution in [3.05, 3.63) is 24.2 Å². The number of amides is 2. The normalized spacial score (nSPS) is 14.9. The monoisotopic (exact) mass is 477 g/mol. The van der Waals surface area contributed by atoms with Gasteiger partial charge in [0.1, 0.15) is 6.54 Å². The Morgan fingerprint density at radius 1 is 1.23 bits per heavy atom. The number of guanidine groups is 1. The van der Waals surface area contributed by atoms with Crippen molar-refractivity contribution in [1.82, 2.24) is 20.0 Å². The van der Waals surface area contributed by atoms with Gasteiger partial charge in [-0.05, 0) is 26.0 Å². The van der Waals surface area contributed by atoms with Crippen LogP contribution in [0.25, 0.3) is 0 Å². The fraction of sp³-hybridized carbons (Fsp3) is 0.588. The third-order valence-electron chi connectivity index (χ3n) is 3.88. The highest BCUT2D eigenvalue weighted by molar-refractivity contribution is 14.0. The van der Waals surface area contributed by atoms with E-state index in [2.05, 4.69) is 15.2 Å². The Kier molecular flexibility index (Phi) is 8.89. The van der Waals surface area contributed by atoms with Crippen molar-refractivity contribution in [1.29, 1.82) is 0 Å². The Balaban J connectivity index is 0.00000338. The van der Waals surface area contributed by atoms with Crippen molar-refractivity contribution in [2.24, 2.45) is 4.99 Å². The van der Waals surface area contributed by atoms with E-state index in [1.54, 1.807) is 31.1 Å². The summed E-state index contributed by atoms with van der Waals surface area (Å²) in [6.07, 6.45) is 1.50. The van der Waals surface area contributed by atoms with Gasteiger partial charge in [-0.15, -0.1) is 24.0 Å². The van der Waals surface area contributed by atoms with Gasteiger partial charge < -0.3 is 24.4 Å². The molecule has 1 aromatic rings. The van der Waals surface area contributed by atoms with E-state index in [1.807, 2.05) is 13.8 Å². The van der Waals surface area contributed by atoms with Gasteiger partial charge >= 0.3 is 0 Å². The molecule has 0 bridgehead atoms. The molecule has 1 saturated heterocycles. The zero-order valence-corrected chi connectivity index (χ0v) is 18.1. The number of rotatable bonds is 4. The molecule has 8 nitrogen and oxygen atoms in total. The molecule has 2 rings (SSSR count). The maximum absolute atomic E-state index is 12.3. The number of carbonyl (C=O) groups is 2. The van der Waals surface area contributed by atoms with Crippen LogP contribution < -0.4 is 5.32 Å². The highest BCUT2D eigenvalue weighted by Gasteiger charge is 2.25. The van der Waals surface area contributed by atoms with Crippen LogP contribution >= 0.6 is 24.0 Å². The van der Waals surface area contributed by atoms with Crippen LogP contribution in [0.1, 0.15) is 24.4 Å². The highest BCUT2D eigenvalue weighted by Crippen LogP contribution is 2.09. The summed E-state index contributed by atoms with van der Waals surface area (Å²) in [4.78, 5) is 33.9. The molecule has 0 aromatic carbocycles. The van der Waals surface area contributed by atoms with E-state index in [4.69, 9.17) is 4.42 Å². The lowest BCUT2D eigenvalue weighted by Gasteiger charge is -2.36. The van der Waals surface area contributed by atoms with Crippen LogP contribution in [0.15, 0.2) is 27.8 Å². The molecule has 9 heteroatoms. The van der Waals surface area contributed by atoms with E-state index in [0.29, 0.717) is 37.9 Å². The number of carbonyl (C=O) groups excluding carboxylic acids is 2. The molecule has 0 aliphatic carbocycles. The lowest BCUT2D eigenvalue weighted by molar-refractivity contribution is -0.127. The van der Waals surface area contributed by atoms with Gasteiger partial charge in [-0.3, -0.25) is 9.59 Å². The van der Waals surface area contributed by atoms with Gasteiger partial charge in [0.15, 0.2) is 11.7 Å². The van der Waals surface area contributed by atoms with Crippen LogP contribution in [0.2, 0.25) is 0 Å². The molecule has 146 valence electrons. The molecule has 1 aromatic heterocycles. The minimum atomic E-state index is -0.0947. The number of nitrogens with one attached hydrogen (secondary N) is 1. The number of aliphatic imine (C=N–C) groups is 1. The zero-order valence-electron chi connectivity index (χ0n) is 15.8. The zero-order chi connectivity index (χ0) is 18.4. The average Bonchev–Trinajstić information content (AvgIpc) is 3.12. The number of nitrogens with zero attached hydrogens (tertiary/aromatic N) is 4. The topological polar surface area (TPSA) is 81.4 Å². The lowest BCUT2D eigenvalue weighted by atomic mass is 10.3. The summed E-state index contributed by atoms with van der Waals surface area (Å²) >= 11 is 0. The Labute approximate surface area is 171 Å². The first kappa shape index (κ1) is 22.3. The standard InChI is InChI=1S/C17H27N5O3.HI/c1-13(2)19-17(18-12-15(23)20(3)4)22-9-7-21(8-10-22)16(24)14-6-5-11-25-14;/h5-6,11,13H,7-10,12H2,1-4H3,(H,18,19);1H. The second kappa shape index (κ2) is 10.4. The fourth-order valence-corrected chi connectivity index (χ4v) is 2.46. The van der Waals surface area contributed by atoms with E-state index < -0.39 is 0 Å². The molecule has 0 saturated carbocycles. The summed E-state index contributed by atoms with van der Waals surface area (Å²) in [6, 6.07) is 3.59. The third-order valence-corrected chi connectivity index (χ3v) is 3.88. The summed E-state index contributed by atoms with van der Waals surface area (Å²) in [7, 11) is 3.43. The van der Waals surface area contributed by atoms with Crippen LogP contribution in [0.3, 0.4) is 0 Å². The molecule has 26 heavy (non-hydrogen) atoms. The first-order valence-electron chi connectivity index (χ1n) is 8.47. The van der Waals surface area contributed by atoms with E-state index >= 15 is 0 Å². The number of furan rings is 1. The van der Waals surface area contributed by atoms with Gasteiger partial charge in [-0.25, -0.2) is 4.99 Å². The minimum Gasteiger partial charge on any atom is -0.459 e. The molecule has 1 aliphatic rings. The largest absolute Gasteiger partial charge is 0.459 e. The fourth-order valence-electron chi connectivity index (χ4n) is 2.46. The second-order valence-corrected chi connectivity index (χ2v) is 6.48. The van der Waals surface area contributed by atoms with E-state index in [1.165, 1.54) is 11.2 Å². The first-order chi connectivity index (χ1) is 11.9. The summed E-state index contributed by atoms with van der Waals surface area (Å²) in [6.45, 7) is 6.63. The molecule has 0 unspecified atom stereocenters. The molecule has 0 spiro atoms. The molecular weight excluding hydrogens is 449 g/mol. The van der Waals surface area contributed by atoms with Crippen LogP contribution in [-0.2, 0) is 4.79 Å². The first-order valence-corrected chi connectivity index (χ1v) is 8.47. The Hall–Kier alpha value is -1.78. The van der Waals surface area contributed by atoms with Crippen molar-refractivity contribution in [3.63, 3.8) is 0 Å². The molecule has 1 fully saturated rings. The van der Waals surface area contributed by atoms with E-state index in [-0.39, 0.29) is 48.4 Å². The van der Waals surface area contributed by atoms with Gasteiger partial charge in [0, 0.05) is 46.3 Å². The van der Waals surface area contributed by atoms with Crippen LogP contribution in [0.4, 0.5) is 0 Å². The molecule has 1 aliphatic heterocycles. The van der Waals surface area contributed by atoms with Gasteiger partial charge in [0.2, 0.25) is 5.91 Å². The summed E-state index contributed by atoms with van der Waals surface area (Å²) in [5.41, 5.74) is 0. The van der Waals surface area contributed by atoms with Crippen molar-refractivity contribution in [2.75, 3.05) is 46.8 Å². The predicted octanol–water partition coefficient (Wildman–Crippen LogP) is 1.10. The molecule has 0 atom stereocenters. The van der Waals surface area contributed by atoms with Crippen molar-refractivity contribution >= 4 is 41.8 Å². The molecule has 0 radical (unpaired) electrons. The number of hydrogen-bond donors (Lipinski definition) is 1. The van der Waals surface area contributed by atoms with Crippen LogP contribution in [0, 0.1) is 0 Å². The van der Waals surface area contributed by atoms with Crippen molar-refractivity contribution < 1.29 is 14.0 Å². The minimum absolute atomic E-state index is 0. The summed E-state index contributed by atoms with van der Waals surface area (Å²) in [5, 5.41) is 3.30. The molecule has 1 N–H and O–H groups in total. The van der Waals surface area contributed by atoms with Crippen molar-refractivity contribution in [2.45, 2.75) is 19.9 Å². The van der Waals surface area contributed by atoms with E-state index in [0.717, 1.165) is 0 Å². The Bertz CT molecular complexity index is 608. The highest BCUT2D eigenvalue weighted by atomic mass is 127. The maximum Gasteiger partial charge on any atom is 0.289 e.